The molecule has 5 nitrogen and oxygen atoms in total. The minimum atomic E-state index is -0.474. The van der Waals surface area contributed by atoms with Crippen LogP contribution in [-0.4, -0.2) is 20.5 Å². The monoisotopic (exact) mass is 314 g/mol. The van der Waals surface area contributed by atoms with E-state index in [0.29, 0.717) is 5.95 Å². The molecule has 0 spiro atoms. The average Bonchev–Trinajstić information content (AvgIpc) is 2.98. The van der Waals surface area contributed by atoms with Crippen molar-refractivity contribution in [1.29, 1.82) is 0 Å². The van der Waals surface area contributed by atoms with E-state index in [1.165, 1.54) is 16.9 Å². The van der Waals surface area contributed by atoms with Crippen molar-refractivity contribution >= 4 is 28.2 Å². The van der Waals surface area contributed by atoms with Crippen molar-refractivity contribution in [3.8, 4) is 11.3 Å². The second kappa shape index (κ2) is 5.21. The van der Waals surface area contributed by atoms with Gasteiger partial charge in [0.15, 0.2) is 0 Å². The van der Waals surface area contributed by atoms with Crippen LogP contribution in [0.5, 0.6) is 0 Å². The summed E-state index contributed by atoms with van der Waals surface area (Å²) in [5.74, 6) is 0.253. The van der Waals surface area contributed by atoms with Gasteiger partial charge in [0.1, 0.15) is 0 Å². The smallest absolute Gasteiger partial charge is 0.250 e. The van der Waals surface area contributed by atoms with E-state index < -0.39 is 5.41 Å². The average molecular weight is 314 g/mol. The lowest BCUT2D eigenvalue weighted by Crippen LogP contribution is -2.28. The molecule has 3 rings (SSSR count). The Morgan fingerprint density at radius 2 is 1.91 bits per heavy atom. The van der Waals surface area contributed by atoms with Crippen LogP contribution in [0.1, 0.15) is 26.3 Å². The third kappa shape index (κ3) is 2.74. The molecular weight excluding hydrogens is 296 g/mol. The molecule has 0 bridgehead atoms. The van der Waals surface area contributed by atoms with Crippen molar-refractivity contribution in [3.63, 3.8) is 0 Å². The molecule has 6 heteroatoms. The predicted octanol–water partition coefficient (Wildman–Crippen LogP) is 3.75. The zero-order valence-electron chi connectivity index (χ0n) is 13.0. The highest BCUT2D eigenvalue weighted by Gasteiger charge is 2.23. The van der Waals surface area contributed by atoms with Crippen LogP contribution in [0.2, 0.25) is 0 Å². The lowest BCUT2D eigenvalue weighted by molar-refractivity contribution is -0.123. The molecule has 114 valence electrons. The van der Waals surface area contributed by atoms with E-state index >= 15 is 0 Å². The molecule has 0 radical (unpaired) electrons. The molecule has 22 heavy (non-hydrogen) atoms. The highest BCUT2D eigenvalue weighted by molar-refractivity contribution is 7.15. The van der Waals surface area contributed by atoms with Crippen molar-refractivity contribution in [2.75, 3.05) is 5.32 Å². The standard InChI is InChI=1S/C16H18N4OS/c1-10-5-7-11(8-6-10)12-9-22-15-18-14(19-20(12)15)17-13(21)16(2,3)4/h5-9H,1-4H3,(H,17,19,21). The number of thiazole rings is 1. The Bertz CT molecular complexity index is 824. The van der Waals surface area contributed by atoms with Crippen molar-refractivity contribution in [2.24, 2.45) is 5.41 Å². The molecule has 1 aromatic carbocycles. The van der Waals surface area contributed by atoms with Gasteiger partial charge in [0.25, 0.3) is 0 Å². The maximum atomic E-state index is 12.0. The normalized spacial score (nSPS) is 11.8. The summed E-state index contributed by atoms with van der Waals surface area (Å²) < 4.78 is 1.77. The fourth-order valence-corrected chi connectivity index (χ4v) is 2.78. The molecule has 0 atom stereocenters. The number of aryl methyl sites for hydroxylation is 1. The van der Waals surface area contributed by atoms with E-state index in [0.717, 1.165) is 16.2 Å². The zero-order valence-corrected chi connectivity index (χ0v) is 13.9. The number of hydrogen-bond donors (Lipinski definition) is 1. The van der Waals surface area contributed by atoms with E-state index in [1.807, 2.05) is 26.2 Å². The van der Waals surface area contributed by atoms with Crippen LogP contribution in [0.3, 0.4) is 0 Å². The van der Waals surface area contributed by atoms with E-state index in [9.17, 15) is 4.79 Å². The third-order valence-electron chi connectivity index (χ3n) is 3.34. The van der Waals surface area contributed by atoms with E-state index in [-0.39, 0.29) is 5.91 Å². The van der Waals surface area contributed by atoms with Gasteiger partial charge in [0, 0.05) is 16.4 Å². The van der Waals surface area contributed by atoms with Gasteiger partial charge in [-0.25, -0.2) is 4.52 Å². The molecule has 0 aliphatic rings. The van der Waals surface area contributed by atoms with Crippen molar-refractivity contribution < 1.29 is 4.79 Å². The number of nitrogens with zero attached hydrogens (tertiary/aromatic N) is 3. The number of carbonyl (C=O) groups is 1. The number of aromatic nitrogens is 3. The first-order valence-electron chi connectivity index (χ1n) is 7.07. The number of rotatable bonds is 2. The summed E-state index contributed by atoms with van der Waals surface area (Å²) in [6.07, 6.45) is 0. The first kappa shape index (κ1) is 14.7. The molecule has 0 unspecified atom stereocenters. The largest absolute Gasteiger partial charge is 0.293 e. The van der Waals surface area contributed by atoms with E-state index in [4.69, 9.17) is 0 Å². The van der Waals surface area contributed by atoms with Gasteiger partial charge in [-0.1, -0.05) is 50.6 Å². The number of benzene rings is 1. The summed E-state index contributed by atoms with van der Waals surface area (Å²) in [5, 5.41) is 9.20. The van der Waals surface area contributed by atoms with Gasteiger partial charge in [-0.05, 0) is 6.92 Å². The minimum absolute atomic E-state index is 0.0948. The summed E-state index contributed by atoms with van der Waals surface area (Å²) in [4.78, 5) is 17.2. The zero-order chi connectivity index (χ0) is 15.9. The van der Waals surface area contributed by atoms with Crippen LogP contribution in [0.15, 0.2) is 29.6 Å². The number of amides is 1. The summed E-state index contributed by atoms with van der Waals surface area (Å²) in [6, 6.07) is 8.26. The number of nitrogens with one attached hydrogen (secondary N) is 1. The molecule has 0 saturated carbocycles. The molecule has 2 heterocycles. The van der Waals surface area contributed by atoms with Crippen LogP contribution in [0.4, 0.5) is 5.95 Å². The molecule has 0 fully saturated rings. The Kier molecular flexibility index (Phi) is 3.48. The fourth-order valence-electron chi connectivity index (χ4n) is 1.95. The Balaban J connectivity index is 1.95. The maximum absolute atomic E-state index is 12.0. The molecule has 0 saturated heterocycles. The molecule has 0 aliphatic heterocycles. The van der Waals surface area contributed by atoms with E-state index in [2.05, 4.69) is 46.6 Å². The molecule has 1 N–H and O–H groups in total. The molecular formula is C16H18N4OS. The summed E-state index contributed by atoms with van der Waals surface area (Å²) >= 11 is 1.51. The maximum Gasteiger partial charge on any atom is 0.250 e. The molecule has 2 aromatic heterocycles. The summed E-state index contributed by atoms with van der Waals surface area (Å²) in [5.41, 5.74) is 2.80. The fraction of sp³-hybridized carbons (Fsp3) is 0.312. The SMILES string of the molecule is Cc1ccc(-c2csc3nc(NC(=O)C(C)(C)C)nn23)cc1. The van der Waals surface area contributed by atoms with Gasteiger partial charge >= 0.3 is 0 Å². The number of carbonyl (C=O) groups excluding carboxylic acids is 1. The van der Waals surface area contributed by atoms with Gasteiger partial charge in [-0.15, -0.1) is 16.4 Å². The first-order chi connectivity index (χ1) is 10.3. The van der Waals surface area contributed by atoms with Gasteiger partial charge in [-0.3, -0.25) is 10.1 Å². The number of hydrogen-bond acceptors (Lipinski definition) is 4. The van der Waals surface area contributed by atoms with Crippen LogP contribution in [0.25, 0.3) is 16.2 Å². The van der Waals surface area contributed by atoms with E-state index in [1.54, 1.807) is 4.52 Å². The second-order valence-corrected chi connectivity index (χ2v) is 7.16. The molecule has 1 amide bonds. The van der Waals surface area contributed by atoms with Crippen LogP contribution >= 0.6 is 11.3 Å². The highest BCUT2D eigenvalue weighted by atomic mass is 32.1. The Labute approximate surface area is 133 Å². The highest BCUT2D eigenvalue weighted by Crippen LogP contribution is 2.26. The topological polar surface area (TPSA) is 59.3 Å². The summed E-state index contributed by atoms with van der Waals surface area (Å²) in [7, 11) is 0. The van der Waals surface area contributed by atoms with Gasteiger partial charge in [0.2, 0.25) is 16.8 Å². The predicted molar refractivity (Wildman–Crippen MR) is 89.1 cm³/mol. The third-order valence-corrected chi connectivity index (χ3v) is 4.15. The Hall–Kier alpha value is -2.21. The van der Waals surface area contributed by atoms with Crippen molar-refractivity contribution in [3.05, 3.63) is 35.2 Å². The quantitative estimate of drug-likeness (QED) is 0.783. The minimum Gasteiger partial charge on any atom is -0.293 e. The number of anilines is 1. The molecule has 0 aliphatic carbocycles. The Morgan fingerprint density at radius 1 is 1.23 bits per heavy atom. The first-order valence-corrected chi connectivity index (χ1v) is 7.95. The Morgan fingerprint density at radius 3 is 2.55 bits per heavy atom. The van der Waals surface area contributed by atoms with Gasteiger partial charge in [-0.2, -0.15) is 4.98 Å². The second-order valence-electron chi connectivity index (χ2n) is 6.32. The summed E-state index contributed by atoms with van der Waals surface area (Å²) in [6.45, 7) is 7.64. The molecule has 3 aromatic rings. The van der Waals surface area contributed by atoms with Crippen molar-refractivity contribution in [1.82, 2.24) is 14.6 Å². The van der Waals surface area contributed by atoms with Crippen LogP contribution in [0, 0.1) is 12.3 Å². The van der Waals surface area contributed by atoms with Crippen LogP contribution < -0.4 is 5.32 Å². The lowest BCUT2D eigenvalue weighted by atomic mass is 9.96. The van der Waals surface area contributed by atoms with Crippen LogP contribution in [-0.2, 0) is 4.79 Å². The number of fused-ring (bicyclic) bond motifs is 1. The van der Waals surface area contributed by atoms with Gasteiger partial charge in [0.05, 0.1) is 5.69 Å². The van der Waals surface area contributed by atoms with Gasteiger partial charge < -0.3 is 0 Å². The van der Waals surface area contributed by atoms with Crippen molar-refractivity contribution in [2.45, 2.75) is 27.7 Å². The lowest BCUT2D eigenvalue weighted by Gasteiger charge is -2.15.